The van der Waals surface area contributed by atoms with Crippen LogP contribution in [-0.2, 0) is 0 Å². The minimum absolute atomic E-state index is 0.273. The maximum Gasteiger partial charge on any atom is 0.125 e. The van der Waals surface area contributed by atoms with E-state index in [-0.39, 0.29) is 5.82 Å². The van der Waals surface area contributed by atoms with Crippen molar-refractivity contribution in [3.63, 3.8) is 0 Å². The summed E-state index contributed by atoms with van der Waals surface area (Å²) in [6.07, 6.45) is 1.11. The second-order valence-electron chi connectivity index (χ2n) is 3.69. The molecule has 0 amide bonds. The van der Waals surface area contributed by atoms with E-state index >= 15 is 0 Å². The second-order valence-corrected chi connectivity index (χ2v) is 4.82. The Hall–Kier alpha value is -0.740. The lowest BCUT2D eigenvalue weighted by Gasteiger charge is -2.09. The molecule has 0 heterocycles. The smallest absolute Gasteiger partial charge is 0.125 e. The molecule has 0 spiro atoms. The largest absolute Gasteiger partial charge is 0.398 e. The number of nitrogens with two attached hydrogens (primary N) is 1. The first-order chi connectivity index (χ1) is 7.09. The van der Waals surface area contributed by atoms with Crippen LogP contribution in [0.4, 0.5) is 10.1 Å². The van der Waals surface area contributed by atoms with Crippen molar-refractivity contribution in [1.82, 2.24) is 4.90 Å². The molecule has 0 aliphatic carbocycles. The van der Waals surface area contributed by atoms with Crippen molar-refractivity contribution in [2.24, 2.45) is 0 Å². The van der Waals surface area contributed by atoms with Gasteiger partial charge in [-0.15, -0.1) is 11.8 Å². The predicted molar refractivity (Wildman–Crippen MR) is 64.7 cm³/mol. The SMILES string of the molecule is CN(C)CCCSc1ccc(F)cc1N. The van der Waals surface area contributed by atoms with Gasteiger partial charge in [0.15, 0.2) is 0 Å². The number of anilines is 1. The third kappa shape index (κ3) is 4.53. The van der Waals surface area contributed by atoms with E-state index in [1.807, 2.05) is 0 Å². The number of hydrogen-bond donors (Lipinski definition) is 1. The minimum atomic E-state index is -0.273. The highest BCUT2D eigenvalue weighted by Crippen LogP contribution is 2.25. The molecule has 0 radical (unpaired) electrons. The number of nitrogen functional groups attached to an aromatic ring is 1. The summed E-state index contributed by atoms with van der Waals surface area (Å²) >= 11 is 1.68. The number of halogens is 1. The Bertz CT molecular complexity index is 315. The highest BCUT2D eigenvalue weighted by molar-refractivity contribution is 7.99. The molecule has 0 aliphatic rings. The fourth-order valence-electron chi connectivity index (χ4n) is 1.21. The number of thioether (sulfide) groups is 1. The fourth-order valence-corrected chi connectivity index (χ4v) is 2.10. The maximum absolute atomic E-state index is 12.7. The van der Waals surface area contributed by atoms with Crippen molar-refractivity contribution in [2.75, 3.05) is 32.1 Å². The van der Waals surface area contributed by atoms with Gasteiger partial charge in [-0.1, -0.05) is 0 Å². The van der Waals surface area contributed by atoms with Gasteiger partial charge in [0.1, 0.15) is 5.82 Å². The molecular formula is C11H17FN2S. The minimum Gasteiger partial charge on any atom is -0.398 e. The lowest BCUT2D eigenvalue weighted by atomic mass is 10.3. The summed E-state index contributed by atoms with van der Waals surface area (Å²) in [4.78, 5) is 3.12. The summed E-state index contributed by atoms with van der Waals surface area (Å²) < 4.78 is 12.7. The van der Waals surface area contributed by atoms with Crippen LogP contribution in [0.5, 0.6) is 0 Å². The molecule has 0 aromatic heterocycles. The van der Waals surface area contributed by atoms with E-state index in [1.165, 1.54) is 12.1 Å². The van der Waals surface area contributed by atoms with Crippen molar-refractivity contribution in [2.45, 2.75) is 11.3 Å². The van der Waals surface area contributed by atoms with Crippen LogP contribution < -0.4 is 5.73 Å². The Balaban J connectivity index is 2.37. The molecule has 2 N–H and O–H groups in total. The van der Waals surface area contributed by atoms with Gasteiger partial charge in [0.25, 0.3) is 0 Å². The van der Waals surface area contributed by atoms with Gasteiger partial charge < -0.3 is 10.6 Å². The van der Waals surface area contributed by atoms with Gasteiger partial charge in [0, 0.05) is 10.6 Å². The standard InChI is InChI=1S/C11H17FN2S/c1-14(2)6-3-7-15-11-5-4-9(12)8-10(11)13/h4-5,8H,3,6-7,13H2,1-2H3. The lowest BCUT2D eigenvalue weighted by molar-refractivity contribution is 0.410. The number of hydrogen-bond acceptors (Lipinski definition) is 3. The van der Waals surface area contributed by atoms with E-state index in [2.05, 4.69) is 19.0 Å². The van der Waals surface area contributed by atoms with Crippen LogP contribution >= 0.6 is 11.8 Å². The molecular weight excluding hydrogens is 211 g/mol. The third-order valence-corrected chi connectivity index (χ3v) is 3.15. The van der Waals surface area contributed by atoms with Crippen LogP contribution in [-0.4, -0.2) is 31.3 Å². The molecule has 0 unspecified atom stereocenters. The quantitative estimate of drug-likeness (QED) is 0.477. The number of rotatable bonds is 5. The van der Waals surface area contributed by atoms with E-state index in [9.17, 15) is 4.39 Å². The molecule has 4 heteroatoms. The van der Waals surface area contributed by atoms with Gasteiger partial charge >= 0.3 is 0 Å². The van der Waals surface area contributed by atoms with Crippen molar-refractivity contribution in [3.8, 4) is 0 Å². The van der Waals surface area contributed by atoms with Crippen LogP contribution in [0.25, 0.3) is 0 Å². The summed E-state index contributed by atoms with van der Waals surface area (Å²) in [7, 11) is 4.11. The second kappa shape index (κ2) is 5.98. The van der Waals surface area contributed by atoms with E-state index in [0.717, 1.165) is 23.6 Å². The number of benzene rings is 1. The van der Waals surface area contributed by atoms with E-state index < -0.39 is 0 Å². The van der Waals surface area contributed by atoms with E-state index in [1.54, 1.807) is 17.8 Å². The molecule has 15 heavy (non-hydrogen) atoms. The molecule has 0 fully saturated rings. The van der Waals surface area contributed by atoms with Crippen LogP contribution in [0.1, 0.15) is 6.42 Å². The third-order valence-electron chi connectivity index (χ3n) is 1.98. The van der Waals surface area contributed by atoms with Crippen molar-refractivity contribution in [3.05, 3.63) is 24.0 Å². The van der Waals surface area contributed by atoms with Gasteiger partial charge in [-0.2, -0.15) is 0 Å². The zero-order valence-corrected chi connectivity index (χ0v) is 9.98. The fraction of sp³-hybridized carbons (Fsp3) is 0.455. The average Bonchev–Trinajstić information content (AvgIpc) is 2.14. The van der Waals surface area contributed by atoms with Gasteiger partial charge in [-0.25, -0.2) is 4.39 Å². The summed E-state index contributed by atoms with van der Waals surface area (Å²) in [5, 5.41) is 0. The molecule has 0 saturated heterocycles. The van der Waals surface area contributed by atoms with Crippen LogP contribution in [0.2, 0.25) is 0 Å². The Morgan fingerprint density at radius 2 is 2.13 bits per heavy atom. The average molecular weight is 228 g/mol. The van der Waals surface area contributed by atoms with Gasteiger partial charge in [0.2, 0.25) is 0 Å². The van der Waals surface area contributed by atoms with Crippen molar-refractivity contribution >= 4 is 17.4 Å². The van der Waals surface area contributed by atoms with Crippen molar-refractivity contribution < 1.29 is 4.39 Å². The summed E-state index contributed by atoms with van der Waals surface area (Å²) in [5.74, 6) is 0.735. The molecule has 2 nitrogen and oxygen atoms in total. The Morgan fingerprint density at radius 1 is 1.40 bits per heavy atom. The van der Waals surface area contributed by atoms with E-state index in [4.69, 9.17) is 5.73 Å². The van der Waals surface area contributed by atoms with Crippen LogP contribution in [0.3, 0.4) is 0 Å². The maximum atomic E-state index is 12.7. The van der Waals surface area contributed by atoms with Crippen LogP contribution in [0, 0.1) is 5.82 Å². The van der Waals surface area contributed by atoms with E-state index in [0.29, 0.717) is 5.69 Å². The molecule has 1 aromatic rings. The molecule has 0 aliphatic heterocycles. The zero-order valence-electron chi connectivity index (χ0n) is 9.16. The van der Waals surface area contributed by atoms with Gasteiger partial charge in [-0.3, -0.25) is 0 Å². The molecule has 0 atom stereocenters. The monoisotopic (exact) mass is 228 g/mol. The molecule has 0 bridgehead atoms. The number of nitrogens with zero attached hydrogens (tertiary/aromatic N) is 1. The van der Waals surface area contributed by atoms with Crippen LogP contribution in [0.15, 0.2) is 23.1 Å². The molecule has 0 saturated carbocycles. The highest BCUT2D eigenvalue weighted by Gasteiger charge is 2.01. The van der Waals surface area contributed by atoms with Gasteiger partial charge in [0.05, 0.1) is 0 Å². The first kappa shape index (κ1) is 12.3. The molecule has 1 aromatic carbocycles. The summed E-state index contributed by atoms with van der Waals surface area (Å²) in [6.45, 7) is 1.06. The first-order valence-electron chi connectivity index (χ1n) is 4.92. The highest BCUT2D eigenvalue weighted by atomic mass is 32.2. The topological polar surface area (TPSA) is 29.3 Å². The predicted octanol–water partition coefficient (Wildman–Crippen LogP) is 2.45. The summed E-state index contributed by atoms with van der Waals surface area (Å²) in [5.41, 5.74) is 6.22. The Morgan fingerprint density at radius 3 is 2.73 bits per heavy atom. The Kier molecular flexibility index (Phi) is 4.91. The van der Waals surface area contributed by atoms with Gasteiger partial charge in [-0.05, 0) is 51.0 Å². The summed E-state index contributed by atoms with van der Waals surface area (Å²) in [6, 6.07) is 4.56. The Labute approximate surface area is 94.6 Å². The normalized spacial score (nSPS) is 10.9. The first-order valence-corrected chi connectivity index (χ1v) is 5.90. The lowest BCUT2D eigenvalue weighted by Crippen LogP contribution is -2.13. The zero-order chi connectivity index (χ0) is 11.3. The molecule has 84 valence electrons. The van der Waals surface area contributed by atoms with Crippen molar-refractivity contribution in [1.29, 1.82) is 0 Å². The molecule has 1 rings (SSSR count).